The van der Waals surface area contributed by atoms with Crippen LogP contribution in [0.1, 0.15) is 11.5 Å². The number of nitrogens with one attached hydrogen (secondary N) is 1. The number of aryl methyl sites for hydroxylation is 2. The van der Waals surface area contributed by atoms with Crippen LogP contribution in [0.5, 0.6) is 0 Å². The first-order chi connectivity index (χ1) is 7.75. The zero-order valence-electron chi connectivity index (χ0n) is 9.51. The first-order valence-electron chi connectivity index (χ1n) is 5.26. The van der Waals surface area contributed by atoms with Gasteiger partial charge in [-0.15, -0.1) is 0 Å². The fraction of sp³-hybridized carbons (Fsp3) is 0.364. The average molecular weight is 217 g/mol. The zero-order valence-corrected chi connectivity index (χ0v) is 9.51. The molecule has 0 radical (unpaired) electrons. The molecule has 0 atom stereocenters. The quantitative estimate of drug-likeness (QED) is 0.835. The van der Waals surface area contributed by atoms with Gasteiger partial charge < -0.3 is 5.32 Å². The number of hydrogen-bond donors (Lipinski definition) is 1. The van der Waals surface area contributed by atoms with Crippen molar-refractivity contribution in [3.63, 3.8) is 0 Å². The van der Waals surface area contributed by atoms with E-state index in [-0.39, 0.29) is 0 Å². The summed E-state index contributed by atoms with van der Waals surface area (Å²) in [5.41, 5.74) is 1.21. The zero-order chi connectivity index (χ0) is 11.4. The molecule has 0 aliphatic heterocycles. The lowest BCUT2D eigenvalue weighted by Crippen LogP contribution is -2.09. The van der Waals surface area contributed by atoms with Crippen LogP contribution in [0.2, 0.25) is 0 Å². The minimum atomic E-state index is 0.783. The molecule has 0 amide bonds. The maximum Gasteiger partial charge on any atom is 0.129 e. The third-order valence-electron chi connectivity index (χ3n) is 2.39. The molecule has 84 valence electrons. The Morgan fingerprint density at radius 2 is 2.19 bits per heavy atom. The summed E-state index contributed by atoms with van der Waals surface area (Å²) in [7, 11) is 1.95. The summed E-state index contributed by atoms with van der Waals surface area (Å²) in [4.78, 5) is 8.32. The number of anilines is 1. The van der Waals surface area contributed by atoms with Gasteiger partial charge in [0, 0.05) is 38.1 Å². The predicted molar refractivity (Wildman–Crippen MR) is 62.2 cm³/mol. The van der Waals surface area contributed by atoms with Gasteiger partial charge in [-0.1, -0.05) is 0 Å². The second kappa shape index (κ2) is 4.74. The molecule has 2 heterocycles. The van der Waals surface area contributed by atoms with Gasteiger partial charge in [-0.2, -0.15) is 5.10 Å². The van der Waals surface area contributed by atoms with Gasteiger partial charge in [0.1, 0.15) is 11.6 Å². The van der Waals surface area contributed by atoms with E-state index < -0.39 is 0 Å². The lowest BCUT2D eigenvalue weighted by atomic mass is 10.3. The minimum absolute atomic E-state index is 0.783. The molecule has 0 saturated carbocycles. The molecule has 0 aromatic carbocycles. The van der Waals surface area contributed by atoms with Crippen LogP contribution in [-0.2, 0) is 13.5 Å². The van der Waals surface area contributed by atoms with E-state index in [4.69, 9.17) is 0 Å². The standard InChI is InChI=1S/C11H15N5/c1-9-12-7-5-11(15-9)13-6-3-10-4-8-14-16(10)2/h4-5,7-8H,3,6H2,1-2H3,(H,12,13,15). The summed E-state index contributed by atoms with van der Waals surface area (Å²) in [6, 6.07) is 3.89. The molecule has 0 aliphatic carbocycles. The first-order valence-corrected chi connectivity index (χ1v) is 5.26. The van der Waals surface area contributed by atoms with Crippen LogP contribution in [0.3, 0.4) is 0 Å². The Hall–Kier alpha value is -1.91. The number of rotatable bonds is 4. The van der Waals surface area contributed by atoms with Crippen LogP contribution in [0.15, 0.2) is 24.5 Å². The lowest BCUT2D eigenvalue weighted by Gasteiger charge is -2.05. The molecule has 2 aromatic rings. The molecular weight excluding hydrogens is 202 g/mol. The molecule has 1 N–H and O–H groups in total. The highest BCUT2D eigenvalue weighted by Gasteiger charge is 1.98. The third-order valence-corrected chi connectivity index (χ3v) is 2.39. The van der Waals surface area contributed by atoms with Crippen molar-refractivity contribution in [3.8, 4) is 0 Å². The average Bonchev–Trinajstić information content (AvgIpc) is 2.65. The van der Waals surface area contributed by atoms with E-state index in [9.17, 15) is 0 Å². The molecule has 0 saturated heterocycles. The van der Waals surface area contributed by atoms with Gasteiger partial charge in [-0.25, -0.2) is 9.97 Å². The van der Waals surface area contributed by atoms with Crippen LogP contribution in [0, 0.1) is 6.92 Å². The van der Waals surface area contributed by atoms with E-state index >= 15 is 0 Å². The Bertz CT molecular complexity index is 463. The SMILES string of the molecule is Cc1nccc(NCCc2ccnn2C)n1. The molecule has 2 rings (SSSR count). The topological polar surface area (TPSA) is 55.6 Å². The van der Waals surface area contributed by atoms with E-state index in [2.05, 4.69) is 20.4 Å². The van der Waals surface area contributed by atoms with Gasteiger partial charge in [0.15, 0.2) is 0 Å². The predicted octanol–water partition coefficient (Wildman–Crippen LogP) is 1.17. The summed E-state index contributed by atoms with van der Waals surface area (Å²) in [5, 5.41) is 7.38. The van der Waals surface area contributed by atoms with Crippen LogP contribution in [0.25, 0.3) is 0 Å². The molecule has 5 heteroatoms. The highest BCUT2D eigenvalue weighted by Crippen LogP contribution is 2.02. The van der Waals surface area contributed by atoms with Crippen molar-refractivity contribution in [1.82, 2.24) is 19.7 Å². The second-order valence-electron chi connectivity index (χ2n) is 3.61. The fourth-order valence-electron chi connectivity index (χ4n) is 1.52. The van der Waals surface area contributed by atoms with Gasteiger partial charge >= 0.3 is 0 Å². The molecule has 0 fully saturated rings. The maximum atomic E-state index is 4.27. The molecule has 0 unspecified atom stereocenters. The second-order valence-corrected chi connectivity index (χ2v) is 3.61. The van der Waals surface area contributed by atoms with Gasteiger partial charge in [0.25, 0.3) is 0 Å². The Balaban J connectivity index is 1.87. The minimum Gasteiger partial charge on any atom is -0.370 e. The maximum absolute atomic E-state index is 4.27. The van der Waals surface area contributed by atoms with E-state index in [1.54, 1.807) is 6.20 Å². The Morgan fingerprint density at radius 1 is 1.31 bits per heavy atom. The molecule has 5 nitrogen and oxygen atoms in total. The molecular formula is C11H15N5. The fourth-order valence-corrected chi connectivity index (χ4v) is 1.52. The lowest BCUT2D eigenvalue weighted by molar-refractivity contribution is 0.711. The van der Waals surface area contributed by atoms with Crippen molar-refractivity contribution < 1.29 is 0 Å². The smallest absolute Gasteiger partial charge is 0.129 e. The first kappa shape index (κ1) is 10.6. The van der Waals surface area contributed by atoms with E-state index in [1.165, 1.54) is 5.69 Å². The van der Waals surface area contributed by atoms with Gasteiger partial charge in [0.05, 0.1) is 0 Å². The molecule has 0 aliphatic rings. The third kappa shape index (κ3) is 2.56. The number of hydrogen-bond acceptors (Lipinski definition) is 4. The summed E-state index contributed by atoms with van der Waals surface area (Å²) in [6.45, 7) is 2.72. The molecule has 16 heavy (non-hydrogen) atoms. The van der Waals surface area contributed by atoms with Crippen molar-refractivity contribution in [2.75, 3.05) is 11.9 Å². The van der Waals surface area contributed by atoms with Gasteiger partial charge in [0.2, 0.25) is 0 Å². The largest absolute Gasteiger partial charge is 0.370 e. The van der Waals surface area contributed by atoms with Crippen LogP contribution >= 0.6 is 0 Å². The van der Waals surface area contributed by atoms with Gasteiger partial charge in [-0.05, 0) is 19.1 Å². The van der Waals surface area contributed by atoms with Crippen molar-refractivity contribution in [3.05, 3.63) is 36.0 Å². The van der Waals surface area contributed by atoms with Crippen LogP contribution in [0.4, 0.5) is 5.82 Å². The highest BCUT2D eigenvalue weighted by atomic mass is 15.3. The molecule has 0 bridgehead atoms. The van der Waals surface area contributed by atoms with Crippen molar-refractivity contribution in [2.45, 2.75) is 13.3 Å². The highest BCUT2D eigenvalue weighted by molar-refractivity contribution is 5.32. The summed E-state index contributed by atoms with van der Waals surface area (Å²) < 4.78 is 1.88. The summed E-state index contributed by atoms with van der Waals surface area (Å²) in [6.07, 6.45) is 4.50. The Kier molecular flexibility index (Phi) is 3.14. The summed E-state index contributed by atoms with van der Waals surface area (Å²) >= 11 is 0. The van der Waals surface area contributed by atoms with Gasteiger partial charge in [-0.3, -0.25) is 4.68 Å². The number of aromatic nitrogens is 4. The normalized spacial score (nSPS) is 10.4. The van der Waals surface area contributed by atoms with E-state index in [0.717, 1.165) is 24.6 Å². The Morgan fingerprint density at radius 3 is 2.88 bits per heavy atom. The molecule has 2 aromatic heterocycles. The van der Waals surface area contributed by atoms with E-state index in [0.29, 0.717) is 0 Å². The van der Waals surface area contributed by atoms with E-state index in [1.807, 2.05) is 37.0 Å². The summed E-state index contributed by atoms with van der Waals surface area (Å²) in [5.74, 6) is 1.65. The van der Waals surface area contributed by atoms with Crippen molar-refractivity contribution >= 4 is 5.82 Å². The monoisotopic (exact) mass is 217 g/mol. The van der Waals surface area contributed by atoms with Crippen LogP contribution < -0.4 is 5.32 Å². The van der Waals surface area contributed by atoms with Crippen LogP contribution in [-0.4, -0.2) is 26.3 Å². The number of nitrogens with zero attached hydrogens (tertiary/aromatic N) is 4. The molecule has 0 spiro atoms. The van der Waals surface area contributed by atoms with Crippen molar-refractivity contribution in [2.24, 2.45) is 7.05 Å². The van der Waals surface area contributed by atoms with Crippen molar-refractivity contribution in [1.29, 1.82) is 0 Å². The Labute approximate surface area is 94.5 Å².